The van der Waals surface area contributed by atoms with E-state index in [-0.39, 0.29) is 10.0 Å². The van der Waals surface area contributed by atoms with Crippen molar-refractivity contribution in [1.82, 2.24) is 10.3 Å². The summed E-state index contributed by atoms with van der Waals surface area (Å²) in [6, 6.07) is 1.96. The molecule has 0 aliphatic heterocycles. The molecule has 0 amide bonds. The van der Waals surface area contributed by atoms with Crippen LogP contribution in [0.3, 0.4) is 0 Å². The number of halogens is 3. The molecule has 1 atom stereocenters. The van der Waals surface area contributed by atoms with Gasteiger partial charge in [-0.05, 0) is 55.0 Å². The van der Waals surface area contributed by atoms with Crippen LogP contribution < -0.4 is 11.3 Å². The Labute approximate surface area is 127 Å². The van der Waals surface area contributed by atoms with E-state index in [9.17, 15) is 8.78 Å². The average molecular weight is 350 g/mol. The lowest BCUT2D eigenvalue weighted by Gasteiger charge is -2.45. The maximum absolute atomic E-state index is 14.4. The van der Waals surface area contributed by atoms with Crippen LogP contribution in [0.5, 0.6) is 0 Å². The molecule has 0 saturated carbocycles. The first-order valence-corrected chi connectivity index (χ1v) is 7.41. The van der Waals surface area contributed by atoms with Crippen LogP contribution in [-0.4, -0.2) is 24.5 Å². The first kappa shape index (κ1) is 17.5. The number of nitrogens with zero attached hydrogens (tertiary/aromatic N) is 1. The molecule has 0 saturated heterocycles. The second kappa shape index (κ2) is 6.93. The Morgan fingerprint density at radius 2 is 1.85 bits per heavy atom. The molecule has 0 heterocycles. The van der Waals surface area contributed by atoms with Gasteiger partial charge in [-0.15, -0.1) is 0 Å². The fourth-order valence-electron chi connectivity index (χ4n) is 2.86. The molecule has 114 valence electrons. The number of hydrogen-bond acceptors (Lipinski definition) is 3. The van der Waals surface area contributed by atoms with Crippen molar-refractivity contribution in [2.24, 2.45) is 5.84 Å². The smallest absolute Gasteiger partial charge is 0.145 e. The Morgan fingerprint density at radius 3 is 2.25 bits per heavy atom. The minimum atomic E-state index is -0.648. The van der Waals surface area contributed by atoms with Gasteiger partial charge in [0.25, 0.3) is 0 Å². The van der Waals surface area contributed by atoms with Gasteiger partial charge in [0, 0.05) is 11.1 Å². The van der Waals surface area contributed by atoms with Crippen LogP contribution in [0.2, 0.25) is 0 Å². The van der Waals surface area contributed by atoms with Gasteiger partial charge >= 0.3 is 0 Å². The molecule has 0 radical (unpaired) electrons. The standard InChI is InChI=1S/C14H22BrF2N3/c1-5-14(6-2,20(3)4)13(19-18)11-10(16)8-7-9(15)12(11)17/h7-8,13,19H,5-6,18H2,1-4H3. The van der Waals surface area contributed by atoms with Gasteiger partial charge in [-0.2, -0.15) is 0 Å². The van der Waals surface area contributed by atoms with Gasteiger partial charge in [0.15, 0.2) is 0 Å². The van der Waals surface area contributed by atoms with E-state index < -0.39 is 23.2 Å². The van der Waals surface area contributed by atoms with Crippen molar-refractivity contribution in [3.8, 4) is 0 Å². The summed E-state index contributed by atoms with van der Waals surface area (Å²) < 4.78 is 28.8. The molecular formula is C14H22BrF2N3. The second-order valence-corrected chi connectivity index (χ2v) is 5.92. The summed E-state index contributed by atoms with van der Waals surface area (Å²) in [5.74, 6) is 4.44. The van der Waals surface area contributed by atoms with Crippen molar-refractivity contribution in [2.45, 2.75) is 38.3 Å². The maximum atomic E-state index is 14.4. The Bertz CT molecular complexity index is 462. The highest BCUT2D eigenvalue weighted by molar-refractivity contribution is 9.10. The zero-order valence-corrected chi connectivity index (χ0v) is 13.9. The molecule has 0 fully saturated rings. The van der Waals surface area contributed by atoms with Crippen molar-refractivity contribution in [2.75, 3.05) is 14.1 Å². The van der Waals surface area contributed by atoms with E-state index in [4.69, 9.17) is 5.84 Å². The van der Waals surface area contributed by atoms with Crippen LogP contribution in [0, 0.1) is 11.6 Å². The van der Waals surface area contributed by atoms with E-state index in [0.29, 0.717) is 12.8 Å². The lowest BCUT2D eigenvalue weighted by atomic mass is 9.79. The van der Waals surface area contributed by atoms with E-state index >= 15 is 0 Å². The van der Waals surface area contributed by atoms with Crippen LogP contribution in [0.1, 0.15) is 38.3 Å². The summed E-state index contributed by atoms with van der Waals surface area (Å²) >= 11 is 3.10. The zero-order valence-electron chi connectivity index (χ0n) is 12.3. The summed E-state index contributed by atoms with van der Waals surface area (Å²) in [5.41, 5.74) is 2.11. The second-order valence-electron chi connectivity index (χ2n) is 5.06. The summed E-state index contributed by atoms with van der Waals surface area (Å²) in [4.78, 5) is 1.97. The third-order valence-electron chi connectivity index (χ3n) is 4.19. The van der Waals surface area contributed by atoms with Crippen molar-refractivity contribution in [3.05, 3.63) is 33.8 Å². The van der Waals surface area contributed by atoms with Gasteiger partial charge in [-0.25, -0.2) is 8.78 Å². The fourth-order valence-corrected chi connectivity index (χ4v) is 3.21. The van der Waals surface area contributed by atoms with Gasteiger partial charge in [0.2, 0.25) is 0 Å². The minimum absolute atomic E-state index is 0.0284. The average Bonchev–Trinajstić information content (AvgIpc) is 2.42. The van der Waals surface area contributed by atoms with Crippen LogP contribution >= 0.6 is 15.9 Å². The number of hydrogen-bond donors (Lipinski definition) is 2. The predicted molar refractivity (Wildman–Crippen MR) is 81.1 cm³/mol. The molecule has 0 aliphatic rings. The zero-order chi connectivity index (χ0) is 15.5. The largest absolute Gasteiger partial charge is 0.302 e. The highest BCUT2D eigenvalue weighted by Gasteiger charge is 2.41. The highest BCUT2D eigenvalue weighted by atomic mass is 79.9. The first-order chi connectivity index (χ1) is 9.35. The number of rotatable bonds is 6. The Hall–Kier alpha value is -0.560. The molecule has 6 heteroatoms. The summed E-state index contributed by atoms with van der Waals surface area (Å²) in [6.07, 6.45) is 1.41. The van der Waals surface area contributed by atoms with E-state index in [1.54, 1.807) is 0 Å². The lowest BCUT2D eigenvalue weighted by molar-refractivity contribution is 0.0846. The molecule has 3 N–H and O–H groups in total. The molecular weight excluding hydrogens is 328 g/mol. The first-order valence-electron chi connectivity index (χ1n) is 6.62. The number of benzene rings is 1. The number of hydrazine groups is 1. The minimum Gasteiger partial charge on any atom is -0.302 e. The molecule has 1 unspecified atom stereocenters. The molecule has 1 aromatic carbocycles. The van der Waals surface area contributed by atoms with E-state index in [2.05, 4.69) is 21.4 Å². The Balaban J connectivity index is 3.50. The molecule has 1 aromatic rings. The van der Waals surface area contributed by atoms with Crippen molar-refractivity contribution in [3.63, 3.8) is 0 Å². The highest BCUT2D eigenvalue weighted by Crippen LogP contribution is 2.39. The molecule has 0 aromatic heterocycles. The lowest BCUT2D eigenvalue weighted by Crippen LogP contribution is -2.55. The molecule has 0 aliphatic carbocycles. The predicted octanol–water partition coefficient (Wildman–Crippen LogP) is 3.35. The van der Waals surface area contributed by atoms with Crippen LogP contribution in [-0.2, 0) is 0 Å². The third-order valence-corrected chi connectivity index (χ3v) is 4.80. The molecule has 0 bridgehead atoms. The Morgan fingerprint density at radius 1 is 1.30 bits per heavy atom. The van der Waals surface area contributed by atoms with Crippen LogP contribution in [0.4, 0.5) is 8.78 Å². The normalized spacial score (nSPS) is 13.8. The van der Waals surface area contributed by atoms with Crippen molar-refractivity contribution >= 4 is 15.9 Å². The van der Waals surface area contributed by atoms with Gasteiger partial charge < -0.3 is 4.90 Å². The molecule has 3 nitrogen and oxygen atoms in total. The number of nitrogens with one attached hydrogen (secondary N) is 1. The van der Waals surface area contributed by atoms with Crippen molar-refractivity contribution < 1.29 is 8.78 Å². The van der Waals surface area contributed by atoms with Crippen molar-refractivity contribution in [1.29, 1.82) is 0 Å². The summed E-state index contributed by atoms with van der Waals surface area (Å²) in [7, 11) is 3.79. The van der Waals surface area contributed by atoms with Gasteiger partial charge in [-0.1, -0.05) is 13.8 Å². The van der Waals surface area contributed by atoms with E-state index in [0.717, 1.165) is 0 Å². The monoisotopic (exact) mass is 349 g/mol. The van der Waals surface area contributed by atoms with Gasteiger partial charge in [-0.3, -0.25) is 11.3 Å². The summed E-state index contributed by atoms with van der Waals surface area (Å²) in [6.45, 7) is 3.98. The van der Waals surface area contributed by atoms with E-state index in [1.165, 1.54) is 12.1 Å². The number of likely N-dealkylation sites (N-methyl/N-ethyl adjacent to an activating group) is 1. The van der Waals surface area contributed by atoms with Crippen LogP contribution in [0.15, 0.2) is 16.6 Å². The molecule has 0 spiro atoms. The van der Waals surface area contributed by atoms with E-state index in [1.807, 2.05) is 32.8 Å². The quantitative estimate of drug-likeness (QED) is 0.470. The third kappa shape index (κ3) is 2.88. The van der Waals surface area contributed by atoms with Gasteiger partial charge in [0.1, 0.15) is 11.6 Å². The Kier molecular flexibility index (Phi) is 6.06. The molecule has 20 heavy (non-hydrogen) atoms. The SMILES string of the molecule is CCC(CC)(C(NN)c1c(F)ccc(Br)c1F)N(C)C. The number of nitrogens with two attached hydrogens (primary N) is 1. The maximum Gasteiger partial charge on any atom is 0.145 e. The summed E-state index contributed by atoms with van der Waals surface area (Å²) in [5, 5.41) is 0. The topological polar surface area (TPSA) is 41.3 Å². The van der Waals surface area contributed by atoms with Gasteiger partial charge in [0.05, 0.1) is 10.5 Å². The molecule has 1 rings (SSSR count). The fraction of sp³-hybridized carbons (Fsp3) is 0.571. The van der Waals surface area contributed by atoms with Crippen LogP contribution in [0.25, 0.3) is 0 Å².